The van der Waals surface area contributed by atoms with Crippen molar-refractivity contribution in [2.24, 2.45) is 5.92 Å². The maximum Gasteiger partial charge on any atom is 0.152 e. The van der Waals surface area contributed by atoms with Crippen LogP contribution in [-0.4, -0.2) is 74.1 Å². The Morgan fingerprint density at radius 2 is 2.04 bits per heavy atom. The molecule has 2 fully saturated rings. The Morgan fingerprint density at radius 3 is 2.80 bits per heavy atom. The summed E-state index contributed by atoms with van der Waals surface area (Å²) in [5.74, 6) is 3.18. The molecule has 3 heterocycles. The Kier molecular flexibility index (Phi) is 6.11. The van der Waals surface area contributed by atoms with Gasteiger partial charge in [-0.15, -0.1) is 0 Å². The van der Waals surface area contributed by atoms with Crippen LogP contribution in [-0.2, 0) is 9.84 Å². The van der Waals surface area contributed by atoms with Crippen LogP contribution in [0.4, 0.5) is 11.6 Å². The molecule has 1 atom stereocenters. The molecule has 0 spiro atoms. The number of hydrogen-bond donors (Lipinski definition) is 1. The molecule has 0 bridgehead atoms. The van der Waals surface area contributed by atoms with Crippen LogP contribution in [0.15, 0.2) is 12.4 Å². The van der Waals surface area contributed by atoms with Crippen LogP contribution in [0.2, 0.25) is 0 Å². The molecule has 0 aliphatic carbocycles. The summed E-state index contributed by atoms with van der Waals surface area (Å²) in [6.07, 6.45) is 5.12. The van der Waals surface area contributed by atoms with E-state index in [1.807, 2.05) is 6.07 Å². The number of nitrogens with one attached hydrogen (secondary N) is 1. The van der Waals surface area contributed by atoms with E-state index in [1.165, 1.54) is 12.8 Å². The van der Waals surface area contributed by atoms with Crippen LogP contribution in [0.1, 0.15) is 26.2 Å². The zero-order chi connectivity index (χ0) is 17.7. The van der Waals surface area contributed by atoms with E-state index in [0.717, 1.165) is 44.2 Å². The van der Waals surface area contributed by atoms with Crippen LogP contribution >= 0.6 is 0 Å². The zero-order valence-electron chi connectivity index (χ0n) is 15.0. The fourth-order valence-electron chi connectivity index (χ4n) is 3.51. The lowest BCUT2D eigenvalue weighted by atomic mass is 10.0. The van der Waals surface area contributed by atoms with Gasteiger partial charge < -0.3 is 15.1 Å². The fourth-order valence-corrected chi connectivity index (χ4v) is 4.78. The maximum atomic E-state index is 11.4. The topological polar surface area (TPSA) is 78.4 Å². The minimum atomic E-state index is -2.79. The predicted molar refractivity (Wildman–Crippen MR) is 101 cm³/mol. The lowest BCUT2D eigenvalue weighted by molar-refractivity contribution is 0.294. The first-order chi connectivity index (χ1) is 12.0. The number of piperidine rings is 1. The first kappa shape index (κ1) is 18.4. The third-order valence-electron chi connectivity index (χ3n) is 5.03. The third-order valence-corrected chi connectivity index (χ3v) is 6.64. The third kappa shape index (κ3) is 5.54. The van der Waals surface area contributed by atoms with Crippen LogP contribution in [0.5, 0.6) is 0 Å². The van der Waals surface area contributed by atoms with E-state index >= 15 is 0 Å². The highest BCUT2D eigenvalue weighted by molar-refractivity contribution is 7.91. The van der Waals surface area contributed by atoms with Gasteiger partial charge in [-0.2, -0.15) is 0 Å². The van der Waals surface area contributed by atoms with Crippen molar-refractivity contribution in [1.82, 2.24) is 14.9 Å². The van der Waals surface area contributed by atoms with Crippen LogP contribution in [0, 0.1) is 5.92 Å². The summed E-state index contributed by atoms with van der Waals surface area (Å²) in [6, 6.07) is 2.03. The highest BCUT2D eigenvalue weighted by atomic mass is 32.2. The second-order valence-corrected chi connectivity index (χ2v) is 9.53. The van der Waals surface area contributed by atoms with Crippen molar-refractivity contribution in [3.05, 3.63) is 12.4 Å². The largest absolute Gasteiger partial charge is 0.370 e. The quantitative estimate of drug-likeness (QED) is 0.758. The molecular weight excluding hydrogens is 338 g/mol. The van der Waals surface area contributed by atoms with Gasteiger partial charge in [0.1, 0.15) is 18.0 Å². The SMILES string of the molecule is CC1CCCN(c2cc(NCCCN3CCS(=O)(=O)CC3)ncn2)C1. The number of sulfone groups is 1. The fraction of sp³-hybridized carbons (Fsp3) is 0.765. The Bertz CT molecular complexity index is 653. The van der Waals surface area contributed by atoms with Crippen LogP contribution < -0.4 is 10.2 Å². The van der Waals surface area contributed by atoms with E-state index in [4.69, 9.17) is 0 Å². The van der Waals surface area contributed by atoms with Gasteiger partial charge in [-0.1, -0.05) is 6.92 Å². The highest BCUT2D eigenvalue weighted by Crippen LogP contribution is 2.22. The first-order valence-electron chi connectivity index (χ1n) is 9.25. The number of hydrogen-bond acceptors (Lipinski definition) is 7. The second kappa shape index (κ2) is 8.31. The van der Waals surface area contributed by atoms with Gasteiger partial charge in [-0.25, -0.2) is 18.4 Å². The average Bonchev–Trinajstić information content (AvgIpc) is 2.60. The summed E-state index contributed by atoms with van der Waals surface area (Å²) in [6.45, 7) is 7.49. The molecule has 1 aromatic rings. The number of anilines is 2. The summed E-state index contributed by atoms with van der Waals surface area (Å²) >= 11 is 0. The molecule has 1 N–H and O–H groups in total. The predicted octanol–water partition coefficient (Wildman–Crippen LogP) is 1.25. The molecule has 7 nitrogen and oxygen atoms in total. The van der Waals surface area contributed by atoms with Gasteiger partial charge in [0, 0.05) is 38.8 Å². The lowest BCUT2D eigenvalue weighted by Crippen LogP contribution is -2.41. The van der Waals surface area contributed by atoms with Gasteiger partial charge >= 0.3 is 0 Å². The van der Waals surface area contributed by atoms with Crippen molar-refractivity contribution in [2.75, 3.05) is 61.0 Å². The molecular formula is C17H29N5O2S. The van der Waals surface area contributed by atoms with Gasteiger partial charge in [0.15, 0.2) is 9.84 Å². The molecule has 8 heteroatoms. The Balaban J connectivity index is 1.42. The molecule has 0 saturated carbocycles. The van der Waals surface area contributed by atoms with Crippen molar-refractivity contribution in [3.8, 4) is 0 Å². The standard InChI is InChI=1S/C17H29N5O2S/c1-15-4-2-7-22(13-15)17-12-16(19-14-20-17)18-5-3-6-21-8-10-25(23,24)11-9-21/h12,14-15H,2-11,13H2,1H3,(H,18,19,20). The van der Waals surface area contributed by atoms with E-state index in [2.05, 4.69) is 32.0 Å². The minimum Gasteiger partial charge on any atom is -0.370 e. The van der Waals surface area contributed by atoms with Crippen LogP contribution in [0.25, 0.3) is 0 Å². The van der Waals surface area contributed by atoms with Gasteiger partial charge in [-0.3, -0.25) is 0 Å². The second-order valence-electron chi connectivity index (χ2n) is 7.23. The van der Waals surface area contributed by atoms with Gasteiger partial charge in [0.25, 0.3) is 0 Å². The monoisotopic (exact) mass is 367 g/mol. The Morgan fingerprint density at radius 1 is 1.24 bits per heavy atom. The molecule has 2 aliphatic rings. The van der Waals surface area contributed by atoms with Crippen molar-refractivity contribution in [3.63, 3.8) is 0 Å². The Hall–Kier alpha value is -1.41. The molecule has 1 unspecified atom stereocenters. The van der Waals surface area contributed by atoms with Crippen molar-refractivity contribution in [1.29, 1.82) is 0 Å². The van der Waals surface area contributed by atoms with E-state index in [1.54, 1.807) is 6.33 Å². The van der Waals surface area contributed by atoms with Crippen molar-refractivity contribution < 1.29 is 8.42 Å². The van der Waals surface area contributed by atoms with Crippen LogP contribution in [0.3, 0.4) is 0 Å². The minimum absolute atomic E-state index is 0.296. The number of nitrogens with zero attached hydrogens (tertiary/aromatic N) is 4. The number of aromatic nitrogens is 2. The van der Waals surface area contributed by atoms with E-state index < -0.39 is 9.84 Å². The summed E-state index contributed by atoms with van der Waals surface area (Å²) in [5.41, 5.74) is 0. The zero-order valence-corrected chi connectivity index (χ0v) is 15.8. The molecule has 2 saturated heterocycles. The van der Waals surface area contributed by atoms with Gasteiger partial charge in [-0.05, 0) is 31.7 Å². The molecule has 0 amide bonds. The molecule has 140 valence electrons. The molecule has 0 aromatic carbocycles. The maximum absolute atomic E-state index is 11.4. The van der Waals surface area contributed by atoms with E-state index in [9.17, 15) is 8.42 Å². The summed E-state index contributed by atoms with van der Waals surface area (Å²) in [5, 5.41) is 3.37. The van der Waals surface area contributed by atoms with E-state index in [0.29, 0.717) is 30.5 Å². The van der Waals surface area contributed by atoms with E-state index in [-0.39, 0.29) is 0 Å². The normalized spacial score (nSPS) is 24.2. The van der Waals surface area contributed by atoms with Gasteiger partial charge in [0.05, 0.1) is 11.5 Å². The molecule has 0 radical (unpaired) electrons. The molecule has 3 rings (SSSR count). The average molecular weight is 368 g/mol. The first-order valence-corrected chi connectivity index (χ1v) is 11.1. The van der Waals surface area contributed by atoms with Crippen molar-refractivity contribution >= 4 is 21.5 Å². The van der Waals surface area contributed by atoms with Gasteiger partial charge in [0.2, 0.25) is 0 Å². The molecule has 1 aromatic heterocycles. The Labute approximate surface area is 150 Å². The highest BCUT2D eigenvalue weighted by Gasteiger charge is 2.21. The number of rotatable bonds is 6. The summed E-state index contributed by atoms with van der Waals surface area (Å²) < 4.78 is 22.9. The summed E-state index contributed by atoms with van der Waals surface area (Å²) in [4.78, 5) is 13.3. The molecule has 25 heavy (non-hydrogen) atoms. The smallest absolute Gasteiger partial charge is 0.152 e. The van der Waals surface area contributed by atoms with Crippen molar-refractivity contribution in [2.45, 2.75) is 26.2 Å². The lowest BCUT2D eigenvalue weighted by Gasteiger charge is -2.31. The summed E-state index contributed by atoms with van der Waals surface area (Å²) in [7, 11) is -2.79. The molecule has 2 aliphatic heterocycles.